The minimum atomic E-state index is -3.60. The summed E-state index contributed by atoms with van der Waals surface area (Å²) in [6.07, 6.45) is 6.11. The largest absolute Gasteiger partial charge is 0.320 e. The highest BCUT2D eigenvalue weighted by Crippen LogP contribution is 2.15. The molecule has 0 bridgehead atoms. The van der Waals surface area contributed by atoms with Gasteiger partial charge in [0, 0.05) is 0 Å². The van der Waals surface area contributed by atoms with E-state index in [1.54, 1.807) is 12.1 Å². The van der Waals surface area contributed by atoms with Crippen LogP contribution in [-0.4, -0.2) is 32.0 Å². The molecule has 0 aliphatic heterocycles. The van der Waals surface area contributed by atoms with Gasteiger partial charge >= 0.3 is 0 Å². The molecule has 2 rings (SSSR count). The topological polar surface area (TPSA) is 84.0 Å². The molecule has 1 heterocycles. The van der Waals surface area contributed by atoms with Crippen LogP contribution in [0.1, 0.15) is 12.0 Å². The molecule has 0 unspecified atom stereocenters. The van der Waals surface area contributed by atoms with Crippen LogP contribution in [0, 0.1) is 0 Å². The Morgan fingerprint density at radius 2 is 1.76 bits per heavy atom. The molecule has 0 saturated carbocycles. The van der Waals surface area contributed by atoms with Crippen molar-refractivity contribution >= 4 is 15.7 Å². The predicted octanol–water partition coefficient (Wildman–Crippen LogP) is 1.43. The summed E-state index contributed by atoms with van der Waals surface area (Å²) >= 11 is 0. The van der Waals surface area contributed by atoms with Gasteiger partial charge in [0.05, 0.1) is 23.0 Å². The van der Waals surface area contributed by atoms with Gasteiger partial charge < -0.3 is 5.32 Å². The molecule has 112 valence electrons. The summed E-state index contributed by atoms with van der Waals surface area (Å²) in [5.41, 5.74) is 1.46. The zero-order valence-electron chi connectivity index (χ0n) is 11.8. The summed E-state index contributed by atoms with van der Waals surface area (Å²) in [6.45, 7) is 0.940. The SMILES string of the molecule is CNCCCc1ccc(S(=O)(=O)Nc2cncnc2)cc1. The lowest BCUT2D eigenvalue weighted by Gasteiger charge is -2.08. The third-order valence-corrected chi connectivity index (χ3v) is 4.34. The van der Waals surface area contributed by atoms with Crippen molar-refractivity contribution in [1.82, 2.24) is 15.3 Å². The van der Waals surface area contributed by atoms with E-state index < -0.39 is 10.0 Å². The summed E-state index contributed by atoms with van der Waals surface area (Å²) < 4.78 is 26.8. The lowest BCUT2D eigenvalue weighted by Crippen LogP contribution is -2.13. The van der Waals surface area contributed by atoms with Crippen molar-refractivity contribution in [2.45, 2.75) is 17.7 Å². The number of benzene rings is 1. The van der Waals surface area contributed by atoms with Gasteiger partial charge in [0.1, 0.15) is 6.33 Å². The lowest BCUT2D eigenvalue weighted by atomic mass is 10.1. The highest BCUT2D eigenvalue weighted by molar-refractivity contribution is 7.92. The van der Waals surface area contributed by atoms with Gasteiger partial charge in [-0.2, -0.15) is 0 Å². The van der Waals surface area contributed by atoms with Crippen molar-refractivity contribution in [2.75, 3.05) is 18.3 Å². The first-order valence-electron chi connectivity index (χ1n) is 6.63. The van der Waals surface area contributed by atoms with E-state index in [1.807, 2.05) is 19.2 Å². The Bertz CT molecular complexity index is 657. The van der Waals surface area contributed by atoms with Crippen LogP contribution in [0.15, 0.2) is 47.9 Å². The van der Waals surface area contributed by atoms with Gasteiger partial charge in [-0.1, -0.05) is 12.1 Å². The van der Waals surface area contributed by atoms with Gasteiger partial charge in [0.25, 0.3) is 10.0 Å². The van der Waals surface area contributed by atoms with Crippen LogP contribution < -0.4 is 10.0 Å². The number of anilines is 1. The third-order valence-electron chi connectivity index (χ3n) is 2.94. The Hall–Kier alpha value is -1.99. The number of nitrogens with zero attached hydrogens (tertiary/aromatic N) is 2. The quantitative estimate of drug-likeness (QED) is 0.756. The van der Waals surface area contributed by atoms with Crippen molar-refractivity contribution in [3.05, 3.63) is 48.5 Å². The average Bonchev–Trinajstić information content (AvgIpc) is 2.49. The molecule has 1 aromatic carbocycles. The second-order valence-corrected chi connectivity index (χ2v) is 6.27. The Morgan fingerprint density at radius 1 is 1.10 bits per heavy atom. The molecular formula is C14H18N4O2S. The molecule has 1 aromatic heterocycles. The van der Waals surface area contributed by atoms with Crippen LogP contribution >= 0.6 is 0 Å². The van der Waals surface area contributed by atoms with E-state index >= 15 is 0 Å². The summed E-state index contributed by atoms with van der Waals surface area (Å²) in [4.78, 5) is 7.77. The minimum absolute atomic E-state index is 0.226. The molecule has 0 saturated heterocycles. The number of aromatic nitrogens is 2. The molecule has 0 radical (unpaired) electrons. The summed E-state index contributed by atoms with van der Waals surface area (Å²) in [5.74, 6) is 0. The Morgan fingerprint density at radius 3 is 2.38 bits per heavy atom. The molecule has 7 heteroatoms. The molecule has 0 atom stereocenters. The van der Waals surface area contributed by atoms with Gasteiger partial charge in [-0.25, -0.2) is 18.4 Å². The second-order valence-electron chi connectivity index (χ2n) is 4.58. The van der Waals surface area contributed by atoms with E-state index in [2.05, 4.69) is 20.0 Å². The van der Waals surface area contributed by atoms with Crippen LogP contribution in [0.25, 0.3) is 0 Å². The van der Waals surface area contributed by atoms with Crippen LogP contribution in [0.2, 0.25) is 0 Å². The average molecular weight is 306 g/mol. The summed E-state index contributed by atoms with van der Waals surface area (Å²) in [6, 6.07) is 6.90. The molecule has 21 heavy (non-hydrogen) atoms. The Kier molecular flexibility index (Phi) is 5.24. The zero-order chi connectivity index (χ0) is 15.1. The number of sulfonamides is 1. The predicted molar refractivity (Wildman–Crippen MR) is 81.5 cm³/mol. The van der Waals surface area contributed by atoms with E-state index in [4.69, 9.17) is 0 Å². The lowest BCUT2D eigenvalue weighted by molar-refractivity contribution is 0.601. The summed E-state index contributed by atoms with van der Waals surface area (Å²) in [5, 5.41) is 3.08. The Balaban J connectivity index is 2.06. The second kappa shape index (κ2) is 7.14. The molecule has 0 fully saturated rings. The monoisotopic (exact) mass is 306 g/mol. The molecule has 6 nitrogen and oxygen atoms in total. The zero-order valence-corrected chi connectivity index (χ0v) is 12.6. The van der Waals surface area contributed by atoms with E-state index in [-0.39, 0.29) is 4.90 Å². The maximum atomic E-state index is 12.2. The first-order valence-corrected chi connectivity index (χ1v) is 8.11. The highest BCUT2D eigenvalue weighted by atomic mass is 32.2. The van der Waals surface area contributed by atoms with E-state index in [9.17, 15) is 8.42 Å². The summed E-state index contributed by atoms with van der Waals surface area (Å²) in [7, 11) is -1.69. The number of aryl methyl sites for hydroxylation is 1. The van der Waals surface area contributed by atoms with Gasteiger partial charge in [-0.05, 0) is 44.1 Å². The number of nitrogens with one attached hydrogen (secondary N) is 2. The maximum absolute atomic E-state index is 12.2. The standard InChI is InChI=1S/C14H18N4O2S/c1-15-8-2-3-12-4-6-14(7-5-12)21(19,20)18-13-9-16-11-17-10-13/h4-7,9-11,15,18H,2-3,8H2,1H3. The van der Waals surface area contributed by atoms with Crippen LogP contribution in [0.3, 0.4) is 0 Å². The van der Waals surface area contributed by atoms with Crippen molar-refractivity contribution in [2.24, 2.45) is 0 Å². The molecule has 0 aliphatic rings. The maximum Gasteiger partial charge on any atom is 0.261 e. The van der Waals surface area contributed by atoms with Gasteiger partial charge in [0.2, 0.25) is 0 Å². The molecule has 0 aliphatic carbocycles. The smallest absolute Gasteiger partial charge is 0.261 e. The van der Waals surface area contributed by atoms with Crippen LogP contribution in [0.4, 0.5) is 5.69 Å². The normalized spacial score (nSPS) is 11.3. The number of hydrogen-bond acceptors (Lipinski definition) is 5. The molecule has 0 spiro atoms. The van der Waals surface area contributed by atoms with Gasteiger partial charge in [0.15, 0.2) is 0 Å². The van der Waals surface area contributed by atoms with Gasteiger partial charge in [-0.15, -0.1) is 0 Å². The number of rotatable bonds is 7. The van der Waals surface area contributed by atoms with E-state index in [1.165, 1.54) is 18.7 Å². The van der Waals surface area contributed by atoms with Crippen molar-refractivity contribution < 1.29 is 8.42 Å². The van der Waals surface area contributed by atoms with Crippen LogP contribution in [-0.2, 0) is 16.4 Å². The van der Waals surface area contributed by atoms with E-state index in [0.29, 0.717) is 5.69 Å². The van der Waals surface area contributed by atoms with Gasteiger partial charge in [-0.3, -0.25) is 4.72 Å². The number of hydrogen-bond donors (Lipinski definition) is 2. The van der Waals surface area contributed by atoms with Crippen molar-refractivity contribution in [3.63, 3.8) is 0 Å². The van der Waals surface area contributed by atoms with E-state index in [0.717, 1.165) is 24.9 Å². The molecule has 0 amide bonds. The van der Waals surface area contributed by atoms with Crippen LogP contribution in [0.5, 0.6) is 0 Å². The third kappa shape index (κ3) is 4.51. The highest BCUT2D eigenvalue weighted by Gasteiger charge is 2.14. The minimum Gasteiger partial charge on any atom is -0.320 e. The fraction of sp³-hybridized carbons (Fsp3) is 0.286. The first-order chi connectivity index (χ1) is 10.1. The van der Waals surface area contributed by atoms with Crippen molar-refractivity contribution in [1.29, 1.82) is 0 Å². The van der Waals surface area contributed by atoms with Crippen molar-refractivity contribution in [3.8, 4) is 0 Å². The first kappa shape index (κ1) is 15.4. The molecule has 2 aromatic rings. The fourth-order valence-electron chi connectivity index (χ4n) is 1.87. The Labute approximate surface area is 124 Å². The molecular weight excluding hydrogens is 288 g/mol. The molecule has 2 N–H and O–H groups in total. The fourth-order valence-corrected chi connectivity index (χ4v) is 2.90.